The van der Waals surface area contributed by atoms with Crippen LogP contribution in [0.1, 0.15) is 32.0 Å². The molecule has 0 radical (unpaired) electrons. The predicted octanol–water partition coefficient (Wildman–Crippen LogP) is 6.78. The number of rotatable bonds is 0. The quantitative estimate of drug-likeness (QED) is 0.283. The molecule has 0 bridgehead atoms. The normalized spacial score (nSPS) is 14.2. The predicted molar refractivity (Wildman–Crippen MR) is 104 cm³/mol. The Morgan fingerprint density at radius 2 is 1.43 bits per heavy atom. The molecular weight excluding hydrogens is 336 g/mol. The van der Waals surface area contributed by atoms with Crippen molar-refractivity contribution in [2.75, 3.05) is 0 Å². The maximum atomic E-state index is 2.49. The molecule has 0 spiro atoms. The van der Waals surface area contributed by atoms with E-state index in [1.807, 2.05) is 34.0 Å². The van der Waals surface area contributed by atoms with Gasteiger partial charge in [-0.3, -0.25) is 0 Å². The van der Waals surface area contributed by atoms with Gasteiger partial charge in [0, 0.05) is 35.3 Å². The third-order valence-corrected chi connectivity index (χ3v) is 8.66. The first kappa shape index (κ1) is 12.9. The van der Waals surface area contributed by atoms with Crippen LogP contribution in [0.15, 0.2) is 24.3 Å². The largest absolute Gasteiger partial charge is 0.140 e. The summed E-state index contributed by atoms with van der Waals surface area (Å²) in [5, 5.41) is 0. The highest BCUT2D eigenvalue weighted by atomic mass is 32.1. The van der Waals surface area contributed by atoms with E-state index in [1.165, 1.54) is 56.7 Å². The molecule has 23 heavy (non-hydrogen) atoms. The molecule has 0 unspecified atom stereocenters. The summed E-state index contributed by atoms with van der Waals surface area (Å²) < 4.78 is 3.02. The lowest BCUT2D eigenvalue weighted by atomic mass is 10.0. The van der Waals surface area contributed by atoms with Gasteiger partial charge in [-0.05, 0) is 77.9 Å². The lowest BCUT2D eigenvalue weighted by molar-refractivity contribution is 1.25. The smallest absolute Gasteiger partial charge is 0.0495 e. The molecule has 6 rings (SSSR count). The Kier molecular flexibility index (Phi) is 2.34. The highest BCUT2D eigenvalue weighted by Crippen LogP contribution is 2.52. The minimum Gasteiger partial charge on any atom is -0.140 e. The number of hydrogen-bond donors (Lipinski definition) is 0. The molecule has 0 N–H and O–H groups in total. The van der Waals surface area contributed by atoms with E-state index in [1.54, 1.807) is 5.56 Å². The first-order chi connectivity index (χ1) is 11.2. The molecule has 0 amide bonds. The van der Waals surface area contributed by atoms with Crippen molar-refractivity contribution < 1.29 is 0 Å². The molecule has 4 aromatic rings. The molecule has 2 aliphatic carbocycles. The number of fused-ring (bicyclic) bond motifs is 8. The van der Waals surface area contributed by atoms with Gasteiger partial charge in [0.15, 0.2) is 0 Å². The number of aryl methyl sites for hydroxylation is 2. The third-order valence-electron chi connectivity index (χ3n) is 5.08. The number of hydrogen-bond acceptors (Lipinski definition) is 3. The molecule has 112 valence electrons. The average molecular weight is 351 g/mol. The van der Waals surface area contributed by atoms with Crippen molar-refractivity contribution in [1.29, 1.82) is 0 Å². The minimum absolute atomic E-state index is 1.12. The van der Waals surface area contributed by atoms with Crippen LogP contribution in [0.4, 0.5) is 0 Å². The van der Waals surface area contributed by atoms with Crippen LogP contribution in [0.3, 0.4) is 0 Å². The lowest BCUT2D eigenvalue weighted by Gasteiger charge is -2.05. The first-order valence-electron chi connectivity index (χ1n) is 7.95. The number of benzene rings is 1. The zero-order valence-corrected chi connectivity index (χ0v) is 15.4. The Hall–Kier alpha value is -1.42. The summed E-state index contributed by atoms with van der Waals surface area (Å²) in [5.41, 5.74) is 9.21. The monoisotopic (exact) mass is 350 g/mol. The fourth-order valence-corrected chi connectivity index (χ4v) is 7.86. The molecule has 3 heteroatoms. The first-order valence-corrected chi connectivity index (χ1v) is 10.4. The van der Waals surface area contributed by atoms with Crippen molar-refractivity contribution in [3.63, 3.8) is 0 Å². The zero-order valence-electron chi connectivity index (χ0n) is 12.9. The molecule has 3 heterocycles. The van der Waals surface area contributed by atoms with Crippen molar-refractivity contribution in [2.45, 2.75) is 26.7 Å². The van der Waals surface area contributed by atoms with E-state index in [2.05, 4.69) is 38.1 Å². The Morgan fingerprint density at radius 1 is 0.696 bits per heavy atom. The van der Waals surface area contributed by atoms with Gasteiger partial charge < -0.3 is 0 Å². The van der Waals surface area contributed by atoms with Gasteiger partial charge in [0.05, 0.1) is 0 Å². The van der Waals surface area contributed by atoms with Crippen molar-refractivity contribution in [2.24, 2.45) is 0 Å². The van der Waals surface area contributed by atoms with E-state index in [9.17, 15) is 0 Å². The Bertz CT molecular complexity index is 1130. The van der Waals surface area contributed by atoms with E-state index < -0.39 is 0 Å². The molecular formula is C20H14S3. The van der Waals surface area contributed by atoms with Gasteiger partial charge in [-0.2, -0.15) is 0 Å². The van der Waals surface area contributed by atoms with Crippen LogP contribution in [-0.2, 0) is 12.8 Å². The van der Waals surface area contributed by atoms with Crippen LogP contribution >= 0.6 is 34.0 Å². The maximum Gasteiger partial charge on any atom is 0.0495 e. The average Bonchev–Trinajstić information content (AvgIpc) is 3.23. The van der Waals surface area contributed by atoms with Crippen molar-refractivity contribution in [1.82, 2.24) is 0 Å². The summed E-state index contributed by atoms with van der Waals surface area (Å²) >= 11 is 5.93. The van der Waals surface area contributed by atoms with Gasteiger partial charge in [-0.25, -0.2) is 0 Å². The summed E-state index contributed by atoms with van der Waals surface area (Å²) in [7, 11) is 0. The van der Waals surface area contributed by atoms with Crippen LogP contribution in [0.2, 0.25) is 0 Å². The van der Waals surface area contributed by atoms with E-state index in [0.717, 1.165) is 12.8 Å². The maximum absolute atomic E-state index is 2.49. The SMILES string of the molecule is Cc1cc2c(s1)-c1cc3c(cc1C2)-c1sc2cc(C)sc2c1C3. The fraction of sp³-hybridized carbons (Fsp3) is 0.200. The van der Waals surface area contributed by atoms with Crippen molar-refractivity contribution in [3.05, 3.63) is 56.3 Å². The zero-order chi connectivity index (χ0) is 15.3. The Morgan fingerprint density at radius 3 is 2.30 bits per heavy atom. The minimum atomic E-state index is 1.12. The molecule has 0 aliphatic heterocycles. The van der Waals surface area contributed by atoms with E-state index in [4.69, 9.17) is 0 Å². The van der Waals surface area contributed by atoms with Crippen LogP contribution in [0, 0.1) is 13.8 Å². The second-order valence-electron chi connectivity index (χ2n) is 6.69. The van der Waals surface area contributed by atoms with Crippen molar-refractivity contribution in [3.8, 4) is 20.9 Å². The Labute approximate surface area is 147 Å². The molecule has 0 atom stereocenters. The second-order valence-corrected chi connectivity index (χ2v) is 10.3. The standard InChI is InChI=1S/C20H14S3/c1-9-3-13-5-11-6-15-12(7-14(11)18(13)21-9)8-16-19(15)23-17-4-10(2)22-20(16)17/h3-4,6-7H,5,8H2,1-2H3. The lowest BCUT2D eigenvalue weighted by Crippen LogP contribution is -1.86. The van der Waals surface area contributed by atoms with Crippen LogP contribution in [-0.4, -0.2) is 0 Å². The topological polar surface area (TPSA) is 0 Å². The van der Waals surface area contributed by atoms with Gasteiger partial charge in [0.1, 0.15) is 0 Å². The molecule has 0 saturated carbocycles. The van der Waals surface area contributed by atoms with E-state index in [-0.39, 0.29) is 0 Å². The van der Waals surface area contributed by atoms with Gasteiger partial charge in [0.2, 0.25) is 0 Å². The van der Waals surface area contributed by atoms with Gasteiger partial charge in [-0.1, -0.05) is 0 Å². The van der Waals surface area contributed by atoms with Gasteiger partial charge in [-0.15, -0.1) is 34.0 Å². The van der Waals surface area contributed by atoms with Crippen molar-refractivity contribution >= 4 is 43.4 Å². The Balaban J connectivity index is 1.58. The van der Waals surface area contributed by atoms with Crippen LogP contribution in [0.25, 0.3) is 30.3 Å². The number of thiophene rings is 3. The highest BCUT2D eigenvalue weighted by molar-refractivity contribution is 7.30. The van der Waals surface area contributed by atoms with Crippen LogP contribution < -0.4 is 0 Å². The molecule has 0 fully saturated rings. The van der Waals surface area contributed by atoms with Gasteiger partial charge in [0.25, 0.3) is 0 Å². The molecule has 1 aromatic carbocycles. The third kappa shape index (κ3) is 1.60. The van der Waals surface area contributed by atoms with E-state index >= 15 is 0 Å². The summed E-state index contributed by atoms with van der Waals surface area (Å²) in [6, 6.07) is 9.72. The molecule has 0 saturated heterocycles. The highest BCUT2D eigenvalue weighted by Gasteiger charge is 2.29. The summed E-state index contributed by atoms with van der Waals surface area (Å²) in [6.45, 7) is 4.45. The molecule has 2 aliphatic rings. The molecule has 3 aromatic heterocycles. The van der Waals surface area contributed by atoms with Crippen LogP contribution in [0.5, 0.6) is 0 Å². The summed E-state index contributed by atoms with van der Waals surface area (Å²) in [6.07, 6.45) is 2.24. The molecule has 0 nitrogen and oxygen atoms in total. The fourth-order valence-electron chi connectivity index (χ4n) is 4.16. The van der Waals surface area contributed by atoms with Gasteiger partial charge >= 0.3 is 0 Å². The second kappa shape index (κ2) is 4.15. The summed E-state index contributed by atoms with van der Waals surface area (Å²) in [4.78, 5) is 5.94. The summed E-state index contributed by atoms with van der Waals surface area (Å²) in [5.74, 6) is 0. The van der Waals surface area contributed by atoms with E-state index in [0.29, 0.717) is 0 Å².